The lowest BCUT2D eigenvalue weighted by Gasteiger charge is -2.15. The average molecular weight is 352 g/mol. The lowest BCUT2D eigenvalue weighted by atomic mass is 10.2. The number of nitrogens with one attached hydrogen (secondary N) is 1. The molecular weight excluding hydrogens is 338 g/mol. The van der Waals surface area contributed by atoms with Crippen LogP contribution in [0.3, 0.4) is 0 Å². The number of hydrogen-bond donors (Lipinski definition) is 3. The molecule has 0 aromatic heterocycles. The van der Waals surface area contributed by atoms with E-state index >= 15 is 0 Å². The van der Waals surface area contributed by atoms with Crippen molar-refractivity contribution in [3.8, 4) is 0 Å². The number of halogens is 1. The molecule has 0 heterocycles. The van der Waals surface area contributed by atoms with Gasteiger partial charge >= 0.3 is 5.97 Å². The molecule has 0 aliphatic rings. The number of carboxylic acid groups (broad SMARTS) is 1. The molecule has 6 nitrogen and oxygen atoms in total. The summed E-state index contributed by atoms with van der Waals surface area (Å²) in [5.74, 6) is -1.33. The van der Waals surface area contributed by atoms with Crippen molar-refractivity contribution < 1.29 is 23.4 Å². The lowest BCUT2D eigenvalue weighted by molar-refractivity contribution is -0.139. The number of carbonyl (C=O) groups is 1. The van der Waals surface area contributed by atoms with E-state index in [2.05, 4.69) is 20.7 Å². The van der Waals surface area contributed by atoms with Gasteiger partial charge in [0.05, 0.1) is 4.90 Å². The molecule has 8 heteroatoms. The van der Waals surface area contributed by atoms with Gasteiger partial charge in [0.1, 0.15) is 6.04 Å². The minimum atomic E-state index is -3.95. The van der Waals surface area contributed by atoms with Crippen molar-refractivity contribution in [1.29, 1.82) is 0 Å². The summed E-state index contributed by atoms with van der Waals surface area (Å²) in [5, 5.41) is 17.6. The van der Waals surface area contributed by atoms with Crippen LogP contribution >= 0.6 is 15.9 Å². The fourth-order valence-electron chi connectivity index (χ4n) is 1.48. The van der Waals surface area contributed by atoms with Gasteiger partial charge in [-0.3, -0.25) is 4.79 Å². The Balaban J connectivity index is 3.10. The van der Waals surface area contributed by atoms with Gasteiger partial charge in [-0.05, 0) is 31.0 Å². The maximum absolute atomic E-state index is 12.1. The van der Waals surface area contributed by atoms with Crippen LogP contribution < -0.4 is 4.72 Å². The predicted molar refractivity (Wildman–Crippen MR) is 72.3 cm³/mol. The van der Waals surface area contributed by atoms with Crippen molar-refractivity contribution in [3.05, 3.63) is 28.2 Å². The molecule has 106 valence electrons. The first-order valence-corrected chi connectivity index (χ1v) is 7.67. The molecule has 0 saturated carbocycles. The van der Waals surface area contributed by atoms with Gasteiger partial charge in [-0.25, -0.2) is 8.42 Å². The normalized spacial score (nSPS) is 13.2. The highest BCUT2D eigenvalue weighted by Gasteiger charge is 2.26. The third-order valence-electron chi connectivity index (χ3n) is 2.45. The first-order valence-electron chi connectivity index (χ1n) is 5.40. The Bertz CT molecular complexity index is 572. The maximum Gasteiger partial charge on any atom is 0.321 e. The molecule has 0 aliphatic carbocycles. The number of aliphatic carboxylic acids is 1. The summed E-state index contributed by atoms with van der Waals surface area (Å²) in [5.41, 5.74) is 0.504. The third kappa shape index (κ3) is 4.27. The molecule has 3 N–H and O–H groups in total. The summed E-state index contributed by atoms with van der Waals surface area (Å²) in [6, 6.07) is 3.35. The highest BCUT2D eigenvalue weighted by molar-refractivity contribution is 9.10. The minimum absolute atomic E-state index is 0.00562. The molecule has 1 aromatic rings. The zero-order valence-electron chi connectivity index (χ0n) is 10.1. The first-order chi connectivity index (χ1) is 8.77. The van der Waals surface area contributed by atoms with E-state index in [1.807, 2.05) is 0 Å². The van der Waals surface area contributed by atoms with Crippen molar-refractivity contribution in [2.24, 2.45) is 0 Å². The van der Waals surface area contributed by atoms with E-state index in [-0.39, 0.29) is 11.3 Å². The number of hydrogen-bond acceptors (Lipinski definition) is 4. The number of carboxylic acids is 1. The van der Waals surface area contributed by atoms with Gasteiger partial charge in [-0.2, -0.15) is 4.72 Å². The van der Waals surface area contributed by atoms with Gasteiger partial charge in [0, 0.05) is 11.1 Å². The predicted octanol–water partition coefficient (Wildman–Crippen LogP) is 0.871. The Morgan fingerprint density at radius 2 is 2.11 bits per heavy atom. The van der Waals surface area contributed by atoms with E-state index in [9.17, 15) is 13.2 Å². The van der Waals surface area contributed by atoms with Crippen LogP contribution in [-0.4, -0.2) is 37.2 Å². The summed E-state index contributed by atoms with van der Waals surface area (Å²) in [6.45, 7) is 1.19. The molecule has 1 rings (SSSR count). The number of benzene rings is 1. The molecule has 0 fully saturated rings. The Hall–Kier alpha value is -0.960. The number of rotatable bonds is 6. The summed E-state index contributed by atoms with van der Waals surface area (Å²) in [4.78, 5) is 10.9. The molecule has 1 aromatic carbocycles. The van der Waals surface area contributed by atoms with E-state index in [4.69, 9.17) is 10.2 Å². The second kappa shape index (κ2) is 6.47. The van der Waals surface area contributed by atoms with Crippen molar-refractivity contribution in [2.75, 3.05) is 6.61 Å². The largest absolute Gasteiger partial charge is 0.480 e. The van der Waals surface area contributed by atoms with Crippen LogP contribution in [-0.2, 0) is 14.8 Å². The van der Waals surface area contributed by atoms with Crippen LogP contribution in [0.5, 0.6) is 0 Å². The minimum Gasteiger partial charge on any atom is -0.480 e. The fraction of sp³-hybridized carbons (Fsp3) is 0.364. The molecule has 0 radical (unpaired) electrons. The Labute approximate surface area is 119 Å². The summed E-state index contributed by atoms with van der Waals surface area (Å²) >= 11 is 3.17. The fourth-order valence-corrected chi connectivity index (χ4v) is 3.48. The van der Waals surface area contributed by atoms with Crippen LogP contribution in [0.1, 0.15) is 12.0 Å². The first kappa shape index (κ1) is 16.1. The molecule has 0 bridgehead atoms. The Kier molecular flexibility index (Phi) is 5.48. The highest BCUT2D eigenvalue weighted by Crippen LogP contribution is 2.20. The number of aliphatic hydroxyl groups is 1. The van der Waals surface area contributed by atoms with E-state index in [1.165, 1.54) is 6.07 Å². The summed E-state index contributed by atoms with van der Waals surface area (Å²) in [7, 11) is -3.95. The number of aryl methyl sites for hydroxylation is 1. The number of sulfonamides is 1. The SMILES string of the molecule is Cc1ccc(Br)cc1S(=O)(=O)N[C@H](CCO)C(=O)O. The van der Waals surface area contributed by atoms with Gasteiger partial charge in [-0.15, -0.1) is 0 Å². The summed E-state index contributed by atoms with van der Waals surface area (Å²) in [6.07, 6.45) is -0.193. The molecule has 0 saturated heterocycles. The molecular formula is C11H14BrNO5S. The molecule has 0 amide bonds. The van der Waals surface area contributed by atoms with E-state index < -0.39 is 28.6 Å². The third-order valence-corrected chi connectivity index (χ3v) is 4.56. The second-order valence-corrected chi connectivity index (χ2v) is 6.53. The monoisotopic (exact) mass is 351 g/mol. The molecule has 1 atom stereocenters. The van der Waals surface area contributed by atoms with E-state index in [0.29, 0.717) is 10.0 Å². The highest BCUT2D eigenvalue weighted by atomic mass is 79.9. The van der Waals surface area contributed by atoms with Crippen molar-refractivity contribution in [3.63, 3.8) is 0 Å². The molecule has 0 unspecified atom stereocenters. The average Bonchev–Trinajstić information content (AvgIpc) is 2.31. The zero-order valence-corrected chi connectivity index (χ0v) is 12.5. The molecule has 19 heavy (non-hydrogen) atoms. The van der Waals surface area contributed by atoms with Crippen molar-refractivity contribution >= 4 is 31.9 Å². The lowest BCUT2D eigenvalue weighted by Crippen LogP contribution is -2.41. The van der Waals surface area contributed by atoms with Crippen LogP contribution in [0.15, 0.2) is 27.6 Å². The van der Waals surface area contributed by atoms with Gasteiger partial charge in [0.25, 0.3) is 0 Å². The topological polar surface area (TPSA) is 104 Å². The quantitative estimate of drug-likeness (QED) is 0.705. The second-order valence-electron chi connectivity index (χ2n) is 3.93. The maximum atomic E-state index is 12.1. The number of aliphatic hydroxyl groups excluding tert-OH is 1. The molecule has 0 aliphatic heterocycles. The van der Waals surface area contributed by atoms with Crippen molar-refractivity contribution in [1.82, 2.24) is 4.72 Å². The van der Waals surface area contributed by atoms with Crippen LogP contribution in [0, 0.1) is 6.92 Å². The van der Waals surface area contributed by atoms with Crippen molar-refractivity contribution in [2.45, 2.75) is 24.3 Å². The van der Waals surface area contributed by atoms with E-state index in [0.717, 1.165) is 0 Å². The van der Waals surface area contributed by atoms with Crippen LogP contribution in [0.25, 0.3) is 0 Å². The van der Waals surface area contributed by atoms with Gasteiger partial charge < -0.3 is 10.2 Å². The Morgan fingerprint density at radius 1 is 1.47 bits per heavy atom. The van der Waals surface area contributed by atoms with Gasteiger partial charge in [0.15, 0.2) is 0 Å². The van der Waals surface area contributed by atoms with Gasteiger partial charge in [-0.1, -0.05) is 22.0 Å². The molecule has 0 spiro atoms. The van der Waals surface area contributed by atoms with Crippen LogP contribution in [0.2, 0.25) is 0 Å². The Morgan fingerprint density at radius 3 is 2.63 bits per heavy atom. The smallest absolute Gasteiger partial charge is 0.321 e. The van der Waals surface area contributed by atoms with Gasteiger partial charge in [0.2, 0.25) is 10.0 Å². The van der Waals surface area contributed by atoms with E-state index in [1.54, 1.807) is 19.1 Å². The van der Waals surface area contributed by atoms with Crippen LogP contribution in [0.4, 0.5) is 0 Å². The summed E-state index contributed by atoms with van der Waals surface area (Å²) < 4.78 is 26.9. The standard InChI is InChI=1S/C11H14BrNO5S/c1-7-2-3-8(12)6-10(7)19(17,18)13-9(4-5-14)11(15)16/h2-3,6,9,13-14H,4-5H2,1H3,(H,15,16)/t9-/m1/s1. The zero-order chi connectivity index (χ0) is 14.6.